The van der Waals surface area contributed by atoms with Crippen LogP contribution in [0.2, 0.25) is 0 Å². The van der Waals surface area contributed by atoms with Crippen molar-refractivity contribution in [2.24, 2.45) is 5.92 Å². The molecule has 0 N–H and O–H groups in total. The summed E-state index contributed by atoms with van der Waals surface area (Å²) in [6, 6.07) is 2.23. The molecule has 0 amide bonds. The third-order valence-electron chi connectivity index (χ3n) is 8.12. The van der Waals surface area contributed by atoms with Gasteiger partial charge in [-0.1, -0.05) is 0 Å². The molecule has 3 heterocycles. The van der Waals surface area contributed by atoms with Crippen molar-refractivity contribution in [1.82, 2.24) is 14.7 Å². The number of rotatable bonds is 10. The maximum Gasteiger partial charge on any atom is 0.286 e. The summed E-state index contributed by atoms with van der Waals surface area (Å²) in [6.45, 7) is 32.4. The molecule has 246 valence electrons. The van der Waals surface area contributed by atoms with Crippen LogP contribution in [0.25, 0.3) is 0 Å². The maximum absolute atomic E-state index is 13.7. The van der Waals surface area contributed by atoms with Gasteiger partial charge in [0.15, 0.2) is 0 Å². The minimum absolute atomic E-state index is 0.133. The number of hydrogen-bond donors (Lipinski definition) is 0. The van der Waals surface area contributed by atoms with Crippen molar-refractivity contribution in [3.8, 4) is 0 Å². The summed E-state index contributed by atoms with van der Waals surface area (Å²) in [5.74, 6) is -1.93. The minimum Gasteiger partial charge on any atom is -0.378 e. The van der Waals surface area contributed by atoms with Crippen LogP contribution in [0.1, 0.15) is 109 Å². The van der Waals surface area contributed by atoms with Gasteiger partial charge in [0.25, 0.3) is 5.92 Å². The van der Waals surface area contributed by atoms with Gasteiger partial charge in [-0.2, -0.15) is 0 Å². The zero-order valence-electron chi connectivity index (χ0n) is 29.0. The van der Waals surface area contributed by atoms with Gasteiger partial charge in [0.2, 0.25) is 0 Å². The van der Waals surface area contributed by atoms with Crippen molar-refractivity contribution in [3.63, 3.8) is 0 Å². The molecule has 0 saturated carbocycles. The molecule has 3 rings (SSSR count). The van der Waals surface area contributed by atoms with Crippen LogP contribution in [0.3, 0.4) is 0 Å². The Morgan fingerprint density at radius 3 is 1.68 bits per heavy atom. The number of ether oxygens (including phenoxy) is 3. The molecule has 41 heavy (non-hydrogen) atoms. The van der Waals surface area contributed by atoms with E-state index in [0.717, 1.165) is 12.5 Å². The molecule has 1 unspecified atom stereocenters. The fourth-order valence-corrected chi connectivity index (χ4v) is 5.77. The molecule has 3 atom stereocenters. The molecule has 3 fully saturated rings. The van der Waals surface area contributed by atoms with Gasteiger partial charge in [-0.05, 0) is 109 Å². The van der Waals surface area contributed by atoms with E-state index in [1.807, 2.05) is 13.8 Å². The van der Waals surface area contributed by atoms with E-state index in [1.165, 1.54) is 32.5 Å². The quantitative estimate of drug-likeness (QED) is 0.274. The number of alkyl halides is 2. The second kappa shape index (κ2) is 18.4. The van der Waals surface area contributed by atoms with Gasteiger partial charge in [0, 0.05) is 56.3 Å². The van der Waals surface area contributed by atoms with Crippen molar-refractivity contribution in [2.75, 3.05) is 39.3 Å². The lowest BCUT2D eigenvalue weighted by Crippen LogP contribution is -2.54. The molecule has 0 aromatic rings. The molecule has 0 aliphatic carbocycles. The van der Waals surface area contributed by atoms with Crippen LogP contribution >= 0.6 is 0 Å². The van der Waals surface area contributed by atoms with Crippen LogP contribution in [0.5, 0.6) is 0 Å². The first-order chi connectivity index (χ1) is 18.9. The Kier molecular flexibility index (Phi) is 17.4. The summed E-state index contributed by atoms with van der Waals surface area (Å²) in [5, 5.41) is 0. The van der Waals surface area contributed by atoms with Crippen LogP contribution in [-0.4, -0.2) is 115 Å². The summed E-state index contributed by atoms with van der Waals surface area (Å²) >= 11 is 0. The molecule has 0 aromatic carbocycles. The Hall–Kier alpha value is -0.380. The average molecular weight is 592 g/mol. The third kappa shape index (κ3) is 14.8. The lowest BCUT2D eigenvalue weighted by Gasteiger charge is -2.42. The summed E-state index contributed by atoms with van der Waals surface area (Å²) in [4.78, 5) is 6.86. The minimum atomic E-state index is -2.72. The van der Waals surface area contributed by atoms with Crippen molar-refractivity contribution < 1.29 is 23.0 Å². The van der Waals surface area contributed by atoms with Gasteiger partial charge in [-0.25, -0.2) is 8.78 Å². The van der Waals surface area contributed by atoms with Crippen LogP contribution in [0.4, 0.5) is 8.78 Å². The van der Waals surface area contributed by atoms with Gasteiger partial charge in [0.05, 0.1) is 37.6 Å². The summed E-state index contributed by atoms with van der Waals surface area (Å²) < 4.78 is 44.0. The Morgan fingerprint density at radius 2 is 1.27 bits per heavy atom. The van der Waals surface area contributed by atoms with E-state index in [2.05, 4.69) is 72.1 Å². The Bertz CT molecular complexity index is 682. The van der Waals surface area contributed by atoms with E-state index in [4.69, 9.17) is 14.2 Å². The zero-order valence-corrected chi connectivity index (χ0v) is 29.0. The summed E-state index contributed by atoms with van der Waals surface area (Å²) in [6.07, 6.45) is 3.01. The number of piperidine rings is 2. The second-order valence-electron chi connectivity index (χ2n) is 14.1. The molecule has 8 heteroatoms. The molecule has 0 radical (unpaired) electrons. The highest BCUT2D eigenvalue weighted by molar-refractivity contribution is 4.89. The third-order valence-corrected chi connectivity index (χ3v) is 8.12. The molecular formula is C33H67F2N3O3. The lowest BCUT2D eigenvalue weighted by molar-refractivity contribution is -0.188. The lowest BCUT2D eigenvalue weighted by atomic mass is 9.99. The van der Waals surface area contributed by atoms with E-state index in [9.17, 15) is 8.78 Å². The highest BCUT2D eigenvalue weighted by Gasteiger charge is 2.46. The van der Waals surface area contributed by atoms with Crippen LogP contribution in [0, 0.1) is 5.92 Å². The topological polar surface area (TPSA) is 37.4 Å². The molecule has 6 nitrogen and oxygen atoms in total. The molecule has 3 aliphatic heterocycles. The van der Waals surface area contributed by atoms with Crippen molar-refractivity contribution >= 4 is 0 Å². The van der Waals surface area contributed by atoms with Crippen molar-refractivity contribution in [1.29, 1.82) is 0 Å². The highest BCUT2D eigenvalue weighted by atomic mass is 19.3. The average Bonchev–Trinajstić information content (AvgIpc) is 2.78. The van der Waals surface area contributed by atoms with E-state index in [0.29, 0.717) is 49.4 Å². The Labute approximate surface area is 252 Å². The number of halogens is 2. The maximum atomic E-state index is 13.7. The highest BCUT2D eigenvalue weighted by Crippen LogP contribution is 2.31. The van der Waals surface area contributed by atoms with Gasteiger partial charge < -0.3 is 19.1 Å². The second-order valence-corrected chi connectivity index (χ2v) is 14.1. The van der Waals surface area contributed by atoms with E-state index in [-0.39, 0.29) is 18.7 Å². The number of nitrogens with zero attached hydrogens (tertiary/aromatic N) is 3. The molecule has 0 spiro atoms. The SMILES string of the molecule is CC(C)OC1CCN(C(C)C)CC1(F)F.CC(C)OCC1CN(C(C)C)C1.CC(C)O[C@@H]1CCN(C(C)C)[C@H](C)C1. The predicted molar refractivity (Wildman–Crippen MR) is 168 cm³/mol. The van der Waals surface area contributed by atoms with Gasteiger partial charge in [0.1, 0.15) is 6.10 Å². The standard InChI is InChI=1S/C12H25NO.C11H21F2NO.C10H21NO/c1-9(2)13-7-6-12(8-11(13)5)14-10(3)4;1-8(2)14-6-5-10(15-9(3)4)11(12,13)7-14;1-8(2)11-5-10(6-11)7-12-9(3)4/h9-12H,6-8H2,1-5H3;8-10H,5-7H2,1-4H3;8-10H,5-7H2,1-4H3/t11-,12-;;/m1../s1. The van der Waals surface area contributed by atoms with E-state index in [1.54, 1.807) is 18.7 Å². The van der Waals surface area contributed by atoms with Crippen LogP contribution in [0.15, 0.2) is 0 Å². The van der Waals surface area contributed by atoms with E-state index < -0.39 is 12.0 Å². The van der Waals surface area contributed by atoms with Crippen LogP contribution in [-0.2, 0) is 14.2 Å². The van der Waals surface area contributed by atoms with Gasteiger partial charge in [-0.3, -0.25) is 9.80 Å². The molecule has 0 aromatic heterocycles. The fourth-order valence-electron chi connectivity index (χ4n) is 5.77. The molecular weight excluding hydrogens is 524 g/mol. The van der Waals surface area contributed by atoms with Gasteiger partial charge >= 0.3 is 0 Å². The summed E-state index contributed by atoms with van der Waals surface area (Å²) in [5.41, 5.74) is 0. The first-order valence-electron chi connectivity index (χ1n) is 16.5. The predicted octanol–water partition coefficient (Wildman–Crippen LogP) is 6.95. The smallest absolute Gasteiger partial charge is 0.286 e. The monoisotopic (exact) mass is 592 g/mol. The molecule has 3 aliphatic rings. The van der Waals surface area contributed by atoms with Gasteiger partial charge in [-0.15, -0.1) is 0 Å². The normalized spacial score (nSPS) is 26.4. The largest absolute Gasteiger partial charge is 0.378 e. The molecule has 0 bridgehead atoms. The van der Waals surface area contributed by atoms with E-state index >= 15 is 0 Å². The Morgan fingerprint density at radius 1 is 0.707 bits per heavy atom. The number of likely N-dealkylation sites (tertiary alicyclic amines) is 3. The number of hydrogen-bond acceptors (Lipinski definition) is 6. The zero-order chi connectivity index (χ0) is 31.5. The fraction of sp³-hybridized carbons (Fsp3) is 1.00. The Balaban J connectivity index is 0.000000309. The first-order valence-corrected chi connectivity index (χ1v) is 16.5. The van der Waals surface area contributed by atoms with Crippen LogP contribution < -0.4 is 0 Å². The molecule has 3 saturated heterocycles. The first kappa shape index (κ1) is 38.6. The van der Waals surface area contributed by atoms with Crippen molar-refractivity contribution in [2.45, 2.75) is 170 Å². The summed E-state index contributed by atoms with van der Waals surface area (Å²) in [7, 11) is 0. The van der Waals surface area contributed by atoms with Crippen molar-refractivity contribution in [3.05, 3.63) is 0 Å².